The Morgan fingerprint density at radius 3 is 2.38 bits per heavy atom. The normalized spacial score (nSPS) is 24.3. The van der Waals surface area contributed by atoms with Crippen LogP contribution in [0.5, 0.6) is 5.75 Å². The second kappa shape index (κ2) is 4.14. The molecule has 1 saturated carbocycles. The number of hydrogen-bond acceptors (Lipinski definition) is 1. The zero-order chi connectivity index (χ0) is 11.0. The smallest absolute Gasteiger partial charge is 0.119 e. The Kier molecular flexibility index (Phi) is 2.64. The van der Waals surface area contributed by atoms with Gasteiger partial charge in [-0.25, -0.2) is 0 Å². The molecule has 0 radical (unpaired) electrons. The van der Waals surface area contributed by atoms with Crippen molar-refractivity contribution in [1.82, 2.24) is 0 Å². The van der Waals surface area contributed by atoms with E-state index in [2.05, 4.69) is 30.3 Å². The Morgan fingerprint density at radius 2 is 1.81 bits per heavy atom. The molecule has 0 saturated heterocycles. The molecular formula is C14H15ClO. The van der Waals surface area contributed by atoms with Gasteiger partial charge < -0.3 is 4.74 Å². The summed E-state index contributed by atoms with van der Waals surface area (Å²) in [5.74, 6) is 0.993. The quantitative estimate of drug-likeness (QED) is 0.718. The van der Waals surface area contributed by atoms with Crippen LogP contribution < -0.4 is 4.74 Å². The summed E-state index contributed by atoms with van der Waals surface area (Å²) >= 11 is 6.06. The van der Waals surface area contributed by atoms with Crippen LogP contribution in [0.25, 0.3) is 5.57 Å². The van der Waals surface area contributed by atoms with Crippen LogP contribution in [-0.4, -0.2) is 11.5 Å². The molecule has 0 bridgehead atoms. The largest absolute Gasteiger partial charge is 0.490 e. The summed E-state index contributed by atoms with van der Waals surface area (Å²) < 4.78 is 5.72. The second-order valence-corrected chi connectivity index (χ2v) is 5.15. The molecule has 0 aromatic heterocycles. The van der Waals surface area contributed by atoms with Gasteiger partial charge in [0.05, 0.1) is 11.5 Å². The Bertz CT molecular complexity index is 403. The van der Waals surface area contributed by atoms with Gasteiger partial charge in [0.25, 0.3) is 0 Å². The number of halogens is 1. The van der Waals surface area contributed by atoms with Gasteiger partial charge in [0.2, 0.25) is 0 Å². The van der Waals surface area contributed by atoms with E-state index in [4.69, 9.17) is 16.3 Å². The number of benzene rings is 1. The van der Waals surface area contributed by atoms with Gasteiger partial charge in [-0.1, -0.05) is 18.2 Å². The van der Waals surface area contributed by atoms with Crippen LogP contribution in [-0.2, 0) is 0 Å². The number of rotatable bonds is 3. The molecule has 0 heterocycles. The molecule has 0 aliphatic heterocycles. The average molecular weight is 235 g/mol. The third kappa shape index (κ3) is 2.25. The zero-order valence-corrected chi connectivity index (χ0v) is 9.91. The zero-order valence-electron chi connectivity index (χ0n) is 9.16. The van der Waals surface area contributed by atoms with E-state index in [1.807, 2.05) is 0 Å². The summed E-state index contributed by atoms with van der Waals surface area (Å²) in [4.78, 5) is 0. The topological polar surface area (TPSA) is 9.23 Å². The molecule has 3 rings (SSSR count). The first-order valence-corrected chi connectivity index (χ1v) is 6.37. The Hall–Kier alpha value is -0.950. The van der Waals surface area contributed by atoms with Crippen LogP contribution in [0.15, 0.2) is 30.3 Å². The third-order valence-electron chi connectivity index (χ3n) is 3.12. The van der Waals surface area contributed by atoms with Crippen molar-refractivity contribution in [2.45, 2.75) is 37.2 Å². The fourth-order valence-corrected chi connectivity index (χ4v) is 2.31. The van der Waals surface area contributed by atoms with Crippen LogP contribution in [0, 0.1) is 0 Å². The molecule has 1 unspecified atom stereocenters. The summed E-state index contributed by atoms with van der Waals surface area (Å²) in [7, 11) is 0. The molecule has 2 heteroatoms. The highest BCUT2D eigenvalue weighted by Gasteiger charge is 2.23. The molecule has 1 fully saturated rings. The third-order valence-corrected chi connectivity index (χ3v) is 3.47. The van der Waals surface area contributed by atoms with Gasteiger partial charge in [-0.2, -0.15) is 0 Å². The maximum atomic E-state index is 6.06. The molecule has 0 amide bonds. The molecular weight excluding hydrogens is 220 g/mol. The lowest BCUT2D eigenvalue weighted by Crippen LogP contribution is -1.95. The number of ether oxygens (including phenoxy) is 1. The van der Waals surface area contributed by atoms with Crippen LogP contribution >= 0.6 is 11.6 Å². The lowest BCUT2D eigenvalue weighted by molar-refractivity contribution is 0.303. The first-order valence-electron chi connectivity index (χ1n) is 5.93. The van der Waals surface area contributed by atoms with Crippen molar-refractivity contribution < 1.29 is 4.74 Å². The van der Waals surface area contributed by atoms with Crippen molar-refractivity contribution in [3.8, 4) is 5.75 Å². The number of hydrogen-bond donors (Lipinski definition) is 0. The molecule has 0 N–H and O–H groups in total. The summed E-state index contributed by atoms with van der Waals surface area (Å²) in [6.45, 7) is 0. The average Bonchev–Trinajstić information content (AvgIpc) is 3.00. The molecule has 2 aliphatic rings. The van der Waals surface area contributed by atoms with Crippen LogP contribution in [0.4, 0.5) is 0 Å². The molecule has 2 aliphatic carbocycles. The first kappa shape index (κ1) is 10.2. The predicted octanol–water partition coefficient (Wildman–Crippen LogP) is 4.01. The highest BCUT2D eigenvalue weighted by molar-refractivity contribution is 6.22. The first-order chi connectivity index (χ1) is 7.81. The van der Waals surface area contributed by atoms with Crippen molar-refractivity contribution in [3.05, 3.63) is 35.9 Å². The Morgan fingerprint density at radius 1 is 1.06 bits per heavy atom. The summed E-state index contributed by atoms with van der Waals surface area (Å²) in [5, 5.41) is 0.220. The second-order valence-electron chi connectivity index (χ2n) is 4.59. The number of allylic oxidation sites excluding steroid dienone is 2. The van der Waals surface area contributed by atoms with Crippen molar-refractivity contribution in [3.63, 3.8) is 0 Å². The van der Waals surface area contributed by atoms with E-state index in [-0.39, 0.29) is 5.38 Å². The van der Waals surface area contributed by atoms with Crippen molar-refractivity contribution in [2.24, 2.45) is 0 Å². The van der Waals surface area contributed by atoms with Gasteiger partial charge in [-0.15, -0.1) is 11.6 Å². The molecule has 1 atom stereocenters. The lowest BCUT2D eigenvalue weighted by Gasteiger charge is -2.06. The molecule has 1 aromatic carbocycles. The van der Waals surface area contributed by atoms with Crippen LogP contribution in [0.2, 0.25) is 0 Å². The van der Waals surface area contributed by atoms with E-state index < -0.39 is 0 Å². The molecule has 1 aromatic rings. The van der Waals surface area contributed by atoms with Crippen molar-refractivity contribution in [1.29, 1.82) is 0 Å². The van der Waals surface area contributed by atoms with Gasteiger partial charge in [0.15, 0.2) is 0 Å². The minimum absolute atomic E-state index is 0.220. The van der Waals surface area contributed by atoms with Gasteiger partial charge in [0, 0.05) is 0 Å². The van der Waals surface area contributed by atoms with E-state index in [0.717, 1.165) is 18.6 Å². The minimum Gasteiger partial charge on any atom is -0.490 e. The fraction of sp³-hybridized carbons (Fsp3) is 0.429. The Labute approximate surface area is 101 Å². The molecule has 84 valence electrons. The summed E-state index contributed by atoms with van der Waals surface area (Å²) in [5.41, 5.74) is 2.66. The summed E-state index contributed by atoms with van der Waals surface area (Å²) in [6, 6.07) is 8.41. The Balaban J connectivity index is 1.73. The molecule has 0 spiro atoms. The van der Waals surface area contributed by atoms with Crippen molar-refractivity contribution in [2.75, 3.05) is 0 Å². The van der Waals surface area contributed by atoms with E-state index in [1.54, 1.807) is 0 Å². The molecule has 16 heavy (non-hydrogen) atoms. The van der Waals surface area contributed by atoms with Crippen LogP contribution in [0.3, 0.4) is 0 Å². The van der Waals surface area contributed by atoms with Gasteiger partial charge in [-0.3, -0.25) is 0 Å². The highest BCUT2D eigenvalue weighted by Crippen LogP contribution is 2.32. The van der Waals surface area contributed by atoms with Gasteiger partial charge in [0.1, 0.15) is 5.75 Å². The standard InChI is InChI=1S/C14H15ClO/c15-12-4-1-11(9-12)10-2-5-13(6-3-10)16-14-7-8-14/h2-3,5-6,9,12,14H,1,4,7-8H2. The minimum atomic E-state index is 0.220. The van der Waals surface area contributed by atoms with E-state index in [1.165, 1.54) is 24.0 Å². The fourth-order valence-electron chi connectivity index (χ4n) is 2.04. The highest BCUT2D eigenvalue weighted by atomic mass is 35.5. The predicted molar refractivity (Wildman–Crippen MR) is 66.9 cm³/mol. The maximum Gasteiger partial charge on any atom is 0.119 e. The van der Waals surface area contributed by atoms with Crippen molar-refractivity contribution >= 4 is 17.2 Å². The van der Waals surface area contributed by atoms with Gasteiger partial charge >= 0.3 is 0 Å². The molecule has 1 nitrogen and oxygen atoms in total. The maximum absolute atomic E-state index is 6.06. The van der Waals surface area contributed by atoms with E-state index >= 15 is 0 Å². The lowest BCUT2D eigenvalue weighted by atomic mass is 10.1. The SMILES string of the molecule is ClC1C=C(c2ccc(OC3CC3)cc2)CC1. The number of alkyl halides is 1. The summed E-state index contributed by atoms with van der Waals surface area (Å²) in [6.07, 6.45) is 7.22. The van der Waals surface area contributed by atoms with E-state index in [9.17, 15) is 0 Å². The van der Waals surface area contributed by atoms with Crippen LogP contribution in [0.1, 0.15) is 31.2 Å². The van der Waals surface area contributed by atoms with E-state index in [0.29, 0.717) is 6.10 Å². The monoisotopic (exact) mass is 234 g/mol. The van der Waals surface area contributed by atoms with Gasteiger partial charge in [-0.05, 0) is 49.0 Å².